The van der Waals surface area contributed by atoms with Crippen LogP contribution in [0.3, 0.4) is 0 Å². The number of nitrogens with zero attached hydrogens (tertiary/aromatic N) is 1. The minimum absolute atomic E-state index is 0.0506. The predicted octanol–water partition coefficient (Wildman–Crippen LogP) is 19.9. The van der Waals surface area contributed by atoms with Crippen LogP contribution in [0.25, 0.3) is 0 Å². The second kappa shape index (κ2) is 57.8. The lowest BCUT2D eigenvalue weighted by Crippen LogP contribution is -2.45. The average molecular weight is 1090 g/mol. The maximum atomic E-state index is 13.0. The summed E-state index contributed by atoms with van der Waals surface area (Å²) in [6.45, 7) is 4.67. The van der Waals surface area contributed by atoms with E-state index in [1.54, 1.807) is 6.08 Å². The third-order valence-corrected chi connectivity index (χ3v) is 14.7. The van der Waals surface area contributed by atoms with Crippen molar-refractivity contribution in [3.63, 3.8) is 0 Å². The predicted molar refractivity (Wildman–Crippen MR) is 336 cm³/mol. The van der Waals surface area contributed by atoms with Crippen LogP contribution >= 0.6 is 7.82 Å². The van der Waals surface area contributed by atoms with Crippen molar-refractivity contribution in [2.45, 2.75) is 276 Å². The van der Waals surface area contributed by atoms with Crippen LogP contribution in [-0.4, -0.2) is 73.4 Å². The molecule has 8 nitrogen and oxygen atoms in total. The van der Waals surface area contributed by atoms with Gasteiger partial charge in [-0.05, 0) is 96.3 Å². The highest BCUT2D eigenvalue weighted by atomic mass is 31.2. The number of phosphoric acid groups is 1. The van der Waals surface area contributed by atoms with E-state index in [1.807, 2.05) is 27.2 Å². The number of hydrogen-bond acceptors (Lipinski definition) is 5. The third kappa shape index (κ3) is 60.6. The maximum absolute atomic E-state index is 13.0. The molecule has 0 aromatic carbocycles. The number of unbranched alkanes of at least 4 members (excludes halogenated alkanes) is 28. The lowest BCUT2D eigenvalue weighted by atomic mass is 10.0. The van der Waals surface area contributed by atoms with Gasteiger partial charge in [-0.15, -0.1) is 0 Å². The molecule has 0 saturated heterocycles. The highest BCUT2D eigenvalue weighted by Crippen LogP contribution is 2.43. The molecule has 0 aromatic rings. The van der Waals surface area contributed by atoms with Gasteiger partial charge in [-0.3, -0.25) is 13.8 Å². The standard InChI is InChI=1S/C68H121N2O6P/c1-6-8-10-12-14-16-18-20-22-24-26-27-28-29-30-31-32-33-34-35-36-37-38-39-40-41-42-43-44-46-48-50-52-54-56-58-60-62-68(72)69-66(65-76-77(73,74)75-64-63-70(3,4)5)67(71)61-59-57-55-53-51-49-47-45-25-23-21-19-17-15-13-11-9-7-2/h8,10,14,16,20,22,25-27,29-30,32-33,45,51,53,59,61,66-67,71H,6-7,9,11-13,15,17-19,21,23-24,28,31,34-44,46-50,52,54-58,60,62-65H2,1-5H3,(H-,69,72,73,74)/p+1/b10-8-,16-14-,22-20-,27-26-,30-29-,33-32-,45-25+,53-51+,61-59+. The van der Waals surface area contributed by atoms with Gasteiger partial charge in [-0.25, -0.2) is 4.57 Å². The van der Waals surface area contributed by atoms with Gasteiger partial charge in [-0.2, -0.15) is 0 Å². The molecule has 0 heterocycles. The molecule has 3 unspecified atom stereocenters. The summed E-state index contributed by atoms with van der Waals surface area (Å²) in [5, 5.41) is 13.9. The Labute approximate surface area is 476 Å². The van der Waals surface area contributed by atoms with Gasteiger partial charge in [0.2, 0.25) is 5.91 Å². The molecule has 9 heteroatoms. The van der Waals surface area contributed by atoms with E-state index < -0.39 is 20.0 Å². The van der Waals surface area contributed by atoms with E-state index in [4.69, 9.17) is 9.05 Å². The quantitative estimate of drug-likeness (QED) is 0.0243. The molecule has 0 fully saturated rings. The van der Waals surface area contributed by atoms with E-state index in [2.05, 4.69) is 116 Å². The summed E-state index contributed by atoms with van der Waals surface area (Å²) in [5.74, 6) is -0.192. The first-order valence-electron chi connectivity index (χ1n) is 31.8. The summed E-state index contributed by atoms with van der Waals surface area (Å²) in [6, 6.07) is -0.875. The van der Waals surface area contributed by atoms with Crippen LogP contribution in [0.15, 0.2) is 109 Å². The maximum Gasteiger partial charge on any atom is 0.472 e. The summed E-state index contributed by atoms with van der Waals surface area (Å²) in [7, 11) is 1.54. The zero-order chi connectivity index (χ0) is 56.3. The van der Waals surface area contributed by atoms with Crippen LogP contribution in [0.2, 0.25) is 0 Å². The summed E-state index contributed by atoms with van der Waals surface area (Å²) in [5.41, 5.74) is 0. The molecule has 0 spiro atoms. The Morgan fingerprint density at radius 2 is 0.792 bits per heavy atom. The third-order valence-electron chi connectivity index (χ3n) is 13.7. The fraction of sp³-hybridized carbons (Fsp3) is 0.721. The SMILES string of the molecule is CC/C=C\C/C=C\C/C=C\C/C=C\C/C=C\C/C=C\CCCCCCCCCCCCCCCCCCCCC(=O)NC(COP(=O)(O)OCC[N+](C)(C)C)C(O)/C=C/CC/C=C/CC/C=C/CCCCCCCCCC. The minimum atomic E-state index is -4.36. The number of hydrogen-bond donors (Lipinski definition) is 3. The van der Waals surface area contributed by atoms with Gasteiger partial charge < -0.3 is 19.8 Å². The van der Waals surface area contributed by atoms with Crippen LogP contribution in [0, 0.1) is 0 Å². The van der Waals surface area contributed by atoms with Crippen molar-refractivity contribution in [2.24, 2.45) is 0 Å². The normalized spacial score (nSPS) is 14.5. The van der Waals surface area contributed by atoms with Crippen molar-refractivity contribution in [3.8, 4) is 0 Å². The van der Waals surface area contributed by atoms with Crippen LogP contribution in [0.5, 0.6) is 0 Å². The zero-order valence-electron chi connectivity index (χ0n) is 50.7. The molecule has 0 bridgehead atoms. The molecular weight excluding hydrogens is 972 g/mol. The van der Waals surface area contributed by atoms with Gasteiger partial charge in [0.05, 0.1) is 39.9 Å². The number of carbonyl (C=O) groups excluding carboxylic acids is 1. The van der Waals surface area contributed by atoms with E-state index in [0.717, 1.165) is 83.5 Å². The number of phosphoric ester groups is 1. The fourth-order valence-electron chi connectivity index (χ4n) is 8.78. The van der Waals surface area contributed by atoms with Crippen molar-refractivity contribution in [1.29, 1.82) is 0 Å². The smallest absolute Gasteiger partial charge is 0.387 e. The molecule has 0 rings (SSSR count). The molecule has 444 valence electrons. The largest absolute Gasteiger partial charge is 0.472 e. The van der Waals surface area contributed by atoms with Crippen LogP contribution in [-0.2, 0) is 18.4 Å². The number of quaternary nitrogens is 1. The highest BCUT2D eigenvalue weighted by Gasteiger charge is 2.27. The molecule has 0 aliphatic rings. The Hall–Kier alpha value is -2.84. The number of carbonyl (C=O) groups is 1. The van der Waals surface area contributed by atoms with Crippen LogP contribution in [0.4, 0.5) is 0 Å². The topological polar surface area (TPSA) is 105 Å². The molecular formula is C68H122N2O6P+. The number of likely N-dealkylation sites (N-methyl/N-ethyl adjacent to an activating group) is 1. The molecule has 3 N–H and O–H groups in total. The van der Waals surface area contributed by atoms with Gasteiger partial charge in [0.25, 0.3) is 0 Å². The number of amides is 1. The molecule has 0 saturated carbocycles. The number of aliphatic hydroxyl groups excluding tert-OH is 1. The summed E-state index contributed by atoms with van der Waals surface area (Å²) in [4.78, 5) is 23.3. The molecule has 0 aromatic heterocycles. The van der Waals surface area contributed by atoms with Crippen molar-refractivity contribution < 1.29 is 32.9 Å². The van der Waals surface area contributed by atoms with E-state index >= 15 is 0 Å². The highest BCUT2D eigenvalue weighted by molar-refractivity contribution is 7.47. The Morgan fingerprint density at radius 1 is 0.455 bits per heavy atom. The average Bonchev–Trinajstić information content (AvgIpc) is 3.39. The van der Waals surface area contributed by atoms with Crippen LogP contribution in [0.1, 0.15) is 264 Å². The molecule has 1 amide bonds. The monoisotopic (exact) mass is 1090 g/mol. The Kier molecular flexibility index (Phi) is 55.7. The first-order valence-corrected chi connectivity index (χ1v) is 33.3. The van der Waals surface area contributed by atoms with Gasteiger partial charge in [0.15, 0.2) is 0 Å². The zero-order valence-corrected chi connectivity index (χ0v) is 51.6. The van der Waals surface area contributed by atoms with Crippen molar-refractivity contribution in [3.05, 3.63) is 109 Å². The number of rotatable bonds is 57. The summed E-state index contributed by atoms with van der Waals surface area (Å²) >= 11 is 0. The van der Waals surface area contributed by atoms with E-state index in [-0.39, 0.29) is 19.1 Å². The van der Waals surface area contributed by atoms with Gasteiger partial charge in [0.1, 0.15) is 13.2 Å². The Morgan fingerprint density at radius 3 is 1.19 bits per heavy atom. The van der Waals surface area contributed by atoms with E-state index in [0.29, 0.717) is 17.4 Å². The van der Waals surface area contributed by atoms with E-state index in [1.165, 1.54) is 161 Å². The lowest BCUT2D eigenvalue weighted by Gasteiger charge is -2.25. The first-order chi connectivity index (χ1) is 37.5. The summed E-state index contributed by atoms with van der Waals surface area (Å²) < 4.78 is 23.7. The fourth-order valence-corrected chi connectivity index (χ4v) is 9.52. The van der Waals surface area contributed by atoms with Crippen molar-refractivity contribution in [1.82, 2.24) is 5.32 Å². The van der Waals surface area contributed by atoms with Gasteiger partial charge in [0, 0.05) is 6.42 Å². The molecule has 0 radical (unpaired) electrons. The second-order valence-corrected chi connectivity index (χ2v) is 23.8. The van der Waals surface area contributed by atoms with Crippen molar-refractivity contribution in [2.75, 3.05) is 40.9 Å². The number of allylic oxidation sites excluding steroid dienone is 17. The lowest BCUT2D eigenvalue weighted by molar-refractivity contribution is -0.870. The van der Waals surface area contributed by atoms with Gasteiger partial charge >= 0.3 is 7.82 Å². The van der Waals surface area contributed by atoms with Crippen LogP contribution < -0.4 is 5.32 Å². The second-order valence-electron chi connectivity index (χ2n) is 22.4. The Balaban J connectivity index is 4.08. The molecule has 3 atom stereocenters. The first kappa shape index (κ1) is 74.2. The van der Waals surface area contributed by atoms with Crippen molar-refractivity contribution >= 4 is 13.7 Å². The number of aliphatic hydroxyl groups is 1. The molecule has 0 aliphatic heterocycles. The minimum Gasteiger partial charge on any atom is -0.387 e. The van der Waals surface area contributed by atoms with E-state index in [9.17, 15) is 19.4 Å². The Bertz CT molecular complexity index is 1620. The summed E-state index contributed by atoms with van der Waals surface area (Å²) in [6.07, 6.45) is 85.0. The van der Waals surface area contributed by atoms with Gasteiger partial charge in [-0.1, -0.05) is 271 Å². The number of nitrogens with one attached hydrogen (secondary N) is 1. The molecule has 0 aliphatic carbocycles. The molecule has 77 heavy (non-hydrogen) atoms.